The van der Waals surface area contributed by atoms with Crippen LogP contribution in [0.2, 0.25) is 0 Å². The molecule has 1 aliphatic rings. The summed E-state index contributed by atoms with van der Waals surface area (Å²) in [6.45, 7) is 4.71. The van der Waals surface area contributed by atoms with Crippen molar-refractivity contribution in [3.63, 3.8) is 0 Å². The topological polar surface area (TPSA) is 134 Å². The van der Waals surface area contributed by atoms with Crippen LogP contribution >= 0.6 is 0 Å². The highest BCUT2D eigenvalue weighted by Gasteiger charge is 2.36. The molecule has 0 fully saturated rings. The molecule has 0 saturated carbocycles. The molecule has 10 nitrogen and oxygen atoms in total. The third-order valence-electron chi connectivity index (χ3n) is 6.57. The fourth-order valence-electron chi connectivity index (χ4n) is 4.46. The van der Waals surface area contributed by atoms with Gasteiger partial charge >= 0.3 is 0 Å². The summed E-state index contributed by atoms with van der Waals surface area (Å²) < 4.78 is 3.48. The first-order chi connectivity index (χ1) is 17.3. The number of aliphatic hydroxyl groups is 1. The number of benzene rings is 1. The Balaban J connectivity index is 1.50. The molecular weight excluding hydrogens is 456 g/mol. The van der Waals surface area contributed by atoms with E-state index in [1.165, 1.54) is 0 Å². The molecule has 3 N–H and O–H groups in total. The quantitative estimate of drug-likeness (QED) is 0.382. The molecule has 1 unspecified atom stereocenters. The molecule has 0 bridgehead atoms. The van der Waals surface area contributed by atoms with Crippen LogP contribution in [-0.2, 0) is 19.0 Å². The lowest BCUT2D eigenvalue weighted by Gasteiger charge is -2.21. The van der Waals surface area contributed by atoms with E-state index in [0.29, 0.717) is 30.0 Å². The predicted octanol–water partition coefficient (Wildman–Crippen LogP) is 2.69. The van der Waals surface area contributed by atoms with Crippen molar-refractivity contribution in [3.05, 3.63) is 81.9 Å². The molecule has 36 heavy (non-hydrogen) atoms. The predicted molar refractivity (Wildman–Crippen MR) is 136 cm³/mol. The highest BCUT2D eigenvalue weighted by molar-refractivity contribution is 5.76. The number of hydrogen-bond donors (Lipinski definition) is 3. The van der Waals surface area contributed by atoms with Gasteiger partial charge in [0.2, 0.25) is 5.95 Å². The molecule has 1 atom stereocenters. The molecule has 182 valence electrons. The van der Waals surface area contributed by atoms with E-state index in [0.717, 1.165) is 28.2 Å². The molecule has 0 saturated heterocycles. The van der Waals surface area contributed by atoms with E-state index in [2.05, 4.69) is 31.7 Å². The molecule has 0 radical (unpaired) electrons. The van der Waals surface area contributed by atoms with Gasteiger partial charge in [-0.15, -0.1) is 0 Å². The van der Waals surface area contributed by atoms with Crippen LogP contribution in [0.5, 0.6) is 0 Å². The van der Waals surface area contributed by atoms with Crippen molar-refractivity contribution < 1.29 is 5.11 Å². The summed E-state index contributed by atoms with van der Waals surface area (Å²) in [7, 11) is 1.89. The normalized spacial score (nSPS) is 16.3. The van der Waals surface area contributed by atoms with Crippen molar-refractivity contribution in [1.29, 1.82) is 5.26 Å². The fourth-order valence-corrected chi connectivity index (χ4v) is 4.46. The molecule has 0 spiro atoms. The summed E-state index contributed by atoms with van der Waals surface area (Å²) in [4.78, 5) is 26.4. The van der Waals surface area contributed by atoms with Crippen LogP contribution < -0.4 is 16.2 Å². The molecule has 5 rings (SSSR count). The van der Waals surface area contributed by atoms with Crippen molar-refractivity contribution in [2.45, 2.75) is 25.8 Å². The highest BCUT2D eigenvalue weighted by atomic mass is 16.3. The Morgan fingerprint density at radius 3 is 2.83 bits per heavy atom. The van der Waals surface area contributed by atoms with Gasteiger partial charge < -0.3 is 24.9 Å². The minimum absolute atomic E-state index is 0.0458. The number of fused-ring (bicyclic) bond motifs is 1. The average molecular weight is 483 g/mol. The minimum atomic E-state index is -0.495. The zero-order valence-electron chi connectivity index (χ0n) is 20.3. The summed E-state index contributed by atoms with van der Waals surface area (Å²) in [5.41, 5.74) is 3.98. The first kappa shape index (κ1) is 23.3. The lowest BCUT2D eigenvalue weighted by atomic mass is 9.83. The average Bonchev–Trinajstić information content (AvgIpc) is 3.44. The number of hydrogen-bond acceptors (Lipinski definition) is 8. The number of aliphatic hydroxyl groups excluding tert-OH is 1. The van der Waals surface area contributed by atoms with Crippen LogP contribution in [0.3, 0.4) is 0 Å². The summed E-state index contributed by atoms with van der Waals surface area (Å²) >= 11 is 0. The maximum atomic E-state index is 13.2. The highest BCUT2D eigenvalue weighted by Crippen LogP contribution is 2.41. The van der Waals surface area contributed by atoms with Crippen LogP contribution in [0, 0.1) is 18.3 Å². The number of aryl methyl sites for hydroxylation is 2. The Morgan fingerprint density at radius 2 is 2.11 bits per heavy atom. The Kier molecular flexibility index (Phi) is 5.78. The molecular formula is C26H26N8O2. The maximum absolute atomic E-state index is 13.2. The number of imidazole rings is 1. The van der Waals surface area contributed by atoms with Gasteiger partial charge in [-0.3, -0.25) is 4.79 Å². The zero-order valence-corrected chi connectivity index (χ0v) is 20.3. The van der Waals surface area contributed by atoms with Crippen molar-refractivity contribution >= 4 is 17.3 Å². The lowest BCUT2D eigenvalue weighted by molar-refractivity contribution is 0.219. The van der Waals surface area contributed by atoms with Gasteiger partial charge in [0.15, 0.2) is 0 Å². The second-order valence-electron chi connectivity index (χ2n) is 9.34. The molecule has 10 heteroatoms. The number of nitrogens with zero attached hydrogens (tertiary/aromatic N) is 6. The first-order valence-electron chi connectivity index (χ1n) is 11.5. The van der Waals surface area contributed by atoms with Crippen LogP contribution in [0.25, 0.3) is 11.3 Å². The van der Waals surface area contributed by atoms with Gasteiger partial charge in [0.25, 0.3) is 5.56 Å². The van der Waals surface area contributed by atoms with Gasteiger partial charge in [0, 0.05) is 49.4 Å². The van der Waals surface area contributed by atoms with Gasteiger partial charge in [-0.1, -0.05) is 6.92 Å². The largest absolute Gasteiger partial charge is 0.395 e. The van der Waals surface area contributed by atoms with Gasteiger partial charge in [-0.05, 0) is 42.3 Å². The summed E-state index contributed by atoms with van der Waals surface area (Å²) in [6, 6.07) is 9.47. The van der Waals surface area contributed by atoms with Gasteiger partial charge in [0.05, 0.1) is 30.1 Å². The van der Waals surface area contributed by atoms with E-state index in [4.69, 9.17) is 0 Å². The summed E-state index contributed by atoms with van der Waals surface area (Å²) in [5.74, 6) is 1.03. The monoisotopic (exact) mass is 482 g/mol. The number of rotatable bonds is 6. The van der Waals surface area contributed by atoms with Crippen molar-refractivity contribution in [3.8, 4) is 17.3 Å². The Hall–Kier alpha value is -4.49. The third kappa shape index (κ3) is 4.10. The van der Waals surface area contributed by atoms with Gasteiger partial charge in [-0.2, -0.15) is 5.26 Å². The standard InChI is InChI=1S/C26H26N8O2/c1-16-8-21(24(36)34(12-16)13-22-28-6-7-33(22)3)32-25-29-5-4-20(31-25)17-9-18(11-27)23-19(10-17)26(2,15-35)14-30-23/h4-10,12,30,35H,13-15H2,1-3H3,(H,29,31,32). The van der Waals surface area contributed by atoms with Crippen LogP contribution in [0.4, 0.5) is 17.3 Å². The van der Waals surface area contributed by atoms with E-state index in [-0.39, 0.29) is 18.1 Å². The molecule has 3 aromatic heterocycles. The SMILES string of the molecule is Cc1cc(Nc2nccc(-c3cc(C#N)c4c(c3)C(C)(CO)CN4)n2)c(=O)n(Cc2nccn2C)c1. The number of pyridine rings is 1. The second kappa shape index (κ2) is 8.94. The fraction of sp³-hybridized carbons (Fsp3) is 0.269. The Bertz CT molecular complexity index is 1570. The molecule has 0 amide bonds. The van der Waals surface area contributed by atoms with E-state index < -0.39 is 5.41 Å². The molecule has 1 aromatic carbocycles. The van der Waals surface area contributed by atoms with Crippen LogP contribution in [0.1, 0.15) is 29.4 Å². The van der Waals surface area contributed by atoms with Crippen LogP contribution in [-0.4, -0.2) is 42.3 Å². The maximum Gasteiger partial charge on any atom is 0.274 e. The summed E-state index contributed by atoms with van der Waals surface area (Å²) in [5, 5.41) is 26.0. The number of nitrogens with one attached hydrogen (secondary N) is 2. The van der Waals surface area contributed by atoms with E-state index >= 15 is 0 Å². The number of nitriles is 1. The van der Waals surface area contributed by atoms with E-state index in [9.17, 15) is 15.2 Å². The minimum Gasteiger partial charge on any atom is -0.395 e. The Labute approximate surface area is 207 Å². The van der Waals surface area contributed by atoms with Crippen molar-refractivity contribution in [2.75, 3.05) is 23.8 Å². The van der Waals surface area contributed by atoms with Gasteiger partial charge in [0.1, 0.15) is 17.6 Å². The van der Waals surface area contributed by atoms with Crippen LogP contribution in [0.15, 0.2) is 53.8 Å². The molecule has 4 aromatic rings. The van der Waals surface area contributed by atoms with E-state index in [1.54, 1.807) is 41.4 Å². The van der Waals surface area contributed by atoms with Gasteiger partial charge in [-0.25, -0.2) is 15.0 Å². The Morgan fingerprint density at radius 1 is 1.28 bits per heavy atom. The second-order valence-corrected chi connectivity index (χ2v) is 9.34. The smallest absolute Gasteiger partial charge is 0.274 e. The molecule has 1 aliphatic heterocycles. The van der Waals surface area contributed by atoms with E-state index in [1.807, 2.05) is 37.7 Å². The number of anilines is 3. The molecule has 0 aliphatic carbocycles. The number of aromatic nitrogens is 5. The van der Waals surface area contributed by atoms with Crippen molar-refractivity contribution in [1.82, 2.24) is 24.1 Å². The van der Waals surface area contributed by atoms with Crippen molar-refractivity contribution in [2.24, 2.45) is 7.05 Å². The zero-order chi connectivity index (χ0) is 25.4. The summed E-state index contributed by atoms with van der Waals surface area (Å²) in [6.07, 6.45) is 6.93. The third-order valence-corrected chi connectivity index (χ3v) is 6.57. The first-order valence-corrected chi connectivity index (χ1v) is 11.5. The lowest BCUT2D eigenvalue weighted by Crippen LogP contribution is -2.28. The molecule has 4 heterocycles.